The van der Waals surface area contributed by atoms with Crippen LogP contribution in [0.5, 0.6) is 0 Å². The fourth-order valence-corrected chi connectivity index (χ4v) is 2.50. The monoisotopic (exact) mass is 238 g/mol. The molecule has 0 aliphatic heterocycles. The van der Waals surface area contributed by atoms with Gasteiger partial charge in [-0.05, 0) is 39.5 Å². The number of aliphatic hydroxyl groups excluding tert-OH is 1. The van der Waals surface area contributed by atoms with Crippen molar-refractivity contribution in [2.45, 2.75) is 52.2 Å². The van der Waals surface area contributed by atoms with Gasteiger partial charge in [0.1, 0.15) is 5.82 Å². The summed E-state index contributed by atoms with van der Waals surface area (Å²) in [7, 11) is 0. The van der Waals surface area contributed by atoms with Gasteiger partial charge in [0.2, 0.25) is 0 Å². The minimum atomic E-state index is -0.436. The lowest BCUT2D eigenvalue weighted by molar-refractivity contribution is 0.0327. The first-order valence-electron chi connectivity index (χ1n) is 6.53. The summed E-state index contributed by atoms with van der Waals surface area (Å²) in [5.74, 6) is 1.02. The SMILES string of the molecule is CCOCC(O)Cn1c(C)nc2c1CCCC2. The van der Waals surface area contributed by atoms with Gasteiger partial charge in [0, 0.05) is 12.3 Å². The molecular weight excluding hydrogens is 216 g/mol. The van der Waals surface area contributed by atoms with Crippen LogP contribution in [0.1, 0.15) is 37.0 Å². The van der Waals surface area contributed by atoms with Crippen molar-refractivity contribution < 1.29 is 9.84 Å². The Labute approximate surface area is 103 Å². The van der Waals surface area contributed by atoms with E-state index in [1.807, 2.05) is 13.8 Å². The highest BCUT2D eigenvalue weighted by molar-refractivity contribution is 5.19. The second-order valence-corrected chi connectivity index (χ2v) is 4.68. The topological polar surface area (TPSA) is 47.3 Å². The quantitative estimate of drug-likeness (QED) is 0.845. The zero-order valence-corrected chi connectivity index (χ0v) is 10.8. The summed E-state index contributed by atoms with van der Waals surface area (Å²) >= 11 is 0. The van der Waals surface area contributed by atoms with E-state index in [0.29, 0.717) is 19.8 Å². The molecule has 1 aliphatic carbocycles. The predicted octanol–water partition coefficient (Wildman–Crippen LogP) is 1.47. The summed E-state index contributed by atoms with van der Waals surface area (Å²) < 4.78 is 7.41. The van der Waals surface area contributed by atoms with Crippen molar-refractivity contribution in [3.05, 3.63) is 17.2 Å². The van der Waals surface area contributed by atoms with Crippen molar-refractivity contribution >= 4 is 0 Å². The van der Waals surface area contributed by atoms with Crippen LogP contribution in [0, 0.1) is 6.92 Å². The lowest BCUT2D eigenvalue weighted by atomic mass is 10.0. The fourth-order valence-electron chi connectivity index (χ4n) is 2.50. The number of ether oxygens (including phenoxy) is 1. The van der Waals surface area contributed by atoms with Crippen molar-refractivity contribution in [2.75, 3.05) is 13.2 Å². The number of rotatable bonds is 5. The number of aliphatic hydroxyl groups is 1. The zero-order valence-electron chi connectivity index (χ0n) is 10.8. The molecule has 17 heavy (non-hydrogen) atoms. The van der Waals surface area contributed by atoms with Crippen molar-refractivity contribution in [1.82, 2.24) is 9.55 Å². The van der Waals surface area contributed by atoms with Crippen LogP contribution < -0.4 is 0 Å². The molecule has 0 radical (unpaired) electrons. The third-order valence-corrected chi connectivity index (χ3v) is 3.33. The number of aryl methyl sites for hydroxylation is 2. The molecule has 96 valence electrons. The summed E-state index contributed by atoms with van der Waals surface area (Å²) in [5, 5.41) is 9.90. The minimum Gasteiger partial charge on any atom is -0.389 e. The van der Waals surface area contributed by atoms with Gasteiger partial charge in [0.15, 0.2) is 0 Å². The maximum absolute atomic E-state index is 9.90. The maximum atomic E-state index is 9.90. The van der Waals surface area contributed by atoms with Crippen molar-refractivity contribution in [1.29, 1.82) is 0 Å². The largest absolute Gasteiger partial charge is 0.389 e. The average molecular weight is 238 g/mol. The Morgan fingerprint density at radius 2 is 2.18 bits per heavy atom. The number of fused-ring (bicyclic) bond motifs is 1. The first-order valence-corrected chi connectivity index (χ1v) is 6.53. The van der Waals surface area contributed by atoms with Crippen molar-refractivity contribution in [3.8, 4) is 0 Å². The highest BCUT2D eigenvalue weighted by Crippen LogP contribution is 2.22. The van der Waals surface area contributed by atoms with Crippen LogP contribution in [-0.2, 0) is 24.1 Å². The first kappa shape index (κ1) is 12.6. The first-order chi connectivity index (χ1) is 8.22. The lowest BCUT2D eigenvalue weighted by Gasteiger charge is -2.17. The highest BCUT2D eigenvalue weighted by atomic mass is 16.5. The summed E-state index contributed by atoms with van der Waals surface area (Å²) in [6, 6.07) is 0. The molecule has 0 aromatic carbocycles. The normalized spacial score (nSPS) is 16.9. The molecule has 0 saturated heterocycles. The van der Waals surface area contributed by atoms with Gasteiger partial charge in [-0.1, -0.05) is 0 Å². The second-order valence-electron chi connectivity index (χ2n) is 4.68. The van der Waals surface area contributed by atoms with E-state index in [1.54, 1.807) is 0 Å². The average Bonchev–Trinajstić information content (AvgIpc) is 2.64. The molecule has 4 heteroatoms. The van der Waals surface area contributed by atoms with E-state index >= 15 is 0 Å². The van der Waals surface area contributed by atoms with E-state index in [-0.39, 0.29) is 0 Å². The van der Waals surface area contributed by atoms with Gasteiger partial charge in [0.25, 0.3) is 0 Å². The van der Waals surface area contributed by atoms with Gasteiger partial charge in [-0.2, -0.15) is 0 Å². The van der Waals surface area contributed by atoms with Crippen LogP contribution in [0.4, 0.5) is 0 Å². The molecule has 0 fully saturated rings. The number of hydrogen-bond donors (Lipinski definition) is 1. The third-order valence-electron chi connectivity index (χ3n) is 3.33. The van der Waals surface area contributed by atoms with Gasteiger partial charge < -0.3 is 14.4 Å². The van der Waals surface area contributed by atoms with Crippen LogP contribution in [0.25, 0.3) is 0 Å². The Hall–Kier alpha value is -0.870. The molecule has 1 heterocycles. The van der Waals surface area contributed by atoms with E-state index in [0.717, 1.165) is 18.7 Å². The van der Waals surface area contributed by atoms with Crippen LogP contribution in [0.3, 0.4) is 0 Å². The third kappa shape index (κ3) is 2.87. The Morgan fingerprint density at radius 3 is 2.94 bits per heavy atom. The molecule has 1 aromatic rings. The number of hydrogen-bond acceptors (Lipinski definition) is 3. The smallest absolute Gasteiger partial charge is 0.106 e. The van der Waals surface area contributed by atoms with Crippen LogP contribution in [-0.4, -0.2) is 34.0 Å². The van der Waals surface area contributed by atoms with Gasteiger partial charge in [-0.15, -0.1) is 0 Å². The second kappa shape index (κ2) is 5.65. The molecule has 0 saturated carbocycles. The molecule has 0 amide bonds. The minimum absolute atomic E-state index is 0.406. The summed E-state index contributed by atoms with van der Waals surface area (Å²) in [6.07, 6.45) is 4.22. The van der Waals surface area contributed by atoms with E-state index in [9.17, 15) is 5.11 Å². The molecule has 1 atom stereocenters. The van der Waals surface area contributed by atoms with Crippen LogP contribution in [0.15, 0.2) is 0 Å². The predicted molar refractivity (Wildman–Crippen MR) is 66.1 cm³/mol. The number of imidazole rings is 1. The maximum Gasteiger partial charge on any atom is 0.106 e. The van der Waals surface area contributed by atoms with Crippen molar-refractivity contribution in [3.63, 3.8) is 0 Å². The zero-order chi connectivity index (χ0) is 12.3. The lowest BCUT2D eigenvalue weighted by Crippen LogP contribution is -2.24. The van der Waals surface area contributed by atoms with Gasteiger partial charge in [-0.3, -0.25) is 0 Å². The fraction of sp³-hybridized carbons (Fsp3) is 0.769. The molecule has 1 aromatic heterocycles. The Balaban J connectivity index is 2.07. The van der Waals surface area contributed by atoms with E-state index in [4.69, 9.17) is 4.74 Å². The summed E-state index contributed by atoms with van der Waals surface area (Å²) in [4.78, 5) is 4.60. The number of aromatic nitrogens is 2. The highest BCUT2D eigenvalue weighted by Gasteiger charge is 2.19. The summed E-state index contributed by atoms with van der Waals surface area (Å²) in [6.45, 7) is 5.62. The summed E-state index contributed by atoms with van der Waals surface area (Å²) in [5.41, 5.74) is 2.56. The molecule has 4 nitrogen and oxygen atoms in total. The van der Waals surface area contributed by atoms with E-state index < -0.39 is 6.10 Å². The van der Waals surface area contributed by atoms with E-state index in [1.165, 1.54) is 24.2 Å². The molecule has 1 unspecified atom stereocenters. The molecule has 1 N–H and O–H groups in total. The van der Waals surface area contributed by atoms with Crippen LogP contribution >= 0.6 is 0 Å². The van der Waals surface area contributed by atoms with Crippen LogP contribution in [0.2, 0.25) is 0 Å². The Bertz CT molecular complexity index is 374. The van der Waals surface area contributed by atoms with Gasteiger partial charge in [0.05, 0.1) is 24.9 Å². The van der Waals surface area contributed by atoms with Gasteiger partial charge >= 0.3 is 0 Å². The standard InChI is InChI=1S/C13H22N2O2/c1-3-17-9-11(16)8-15-10(2)14-12-6-4-5-7-13(12)15/h11,16H,3-9H2,1-2H3. The molecule has 0 bridgehead atoms. The Kier molecular flexibility index (Phi) is 4.18. The van der Waals surface area contributed by atoms with Crippen molar-refractivity contribution in [2.24, 2.45) is 0 Å². The number of nitrogens with zero attached hydrogens (tertiary/aromatic N) is 2. The van der Waals surface area contributed by atoms with Gasteiger partial charge in [-0.25, -0.2) is 4.98 Å². The Morgan fingerprint density at radius 1 is 1.41 bits per heavy atom. The molecular formula is C13H22N2O2. The molecule has 2 rings (SSSR count). The molecule has 1 aliphatic rings. The molecule has 0 spiro atoms. The van der Waals surface area contributed by atoms with E-state index in [2.05, 4.69) is 9.55 Å².